The minimum Gasteiger partial charge on any atom is -0.385 e. The van der Waals surface area contributed by atoms with Crippen LogP contribution in [0.1, 0.15) is 26.7 Å². The minimum atomic E-state index is -3.14. The molecular weight excluding hydrogens is 294 g/mol. The molecule has 0 rings (SSSR count). The lowest BCUT2D eigenvalue weighted by molar-refractivity contribution is 0.199. The summed E-state index contributed by atoms with van der Waals surface area (Å²) in [4.78, 5) is 0.199. The van der Waals surface area contributed by atoms with E-state index in [2.05, 4.69) is 34.5 Å². The molecule has 16 heavy (non-hydrogen) atoms. The summed E-state index contributed by atoms with van der Waals surface area (Å²) in [5.74, 6) is 0.685. The summed E-state index contributed by atoms with van der Waals surface area (Å²) in [5.41, 5.74) is 0. The Bertz CT molecular complexity index is 267. The van der Waals surface area contributed by atoms with Gasteiger partial charge in [-0.15, -0.1) is 0 Å². The summed E-state index contributed by atoms with van der Waals surface area (Å²) in [6.45, 7) is 5.15. The Labute approximate surface area is 107 Å². The van der Waals surface area contributed by atoms with E-state index in [-0.39, 0.29) is 10.6 Å². The van der Waals surface area contributed by atoms with Crippen LogP contribution in [0.25, 0.3) is 0 Å². The number of alkyl halides is 1. The molecule has 6 heteroatoms. The molecule has 98 valence electrons. The van der Waals surface area contributed by atoms with Gasteiger partial charge in [0.05, 0.1) is 5.75 Å². The molecule has 0 saturated heterocycles. The highest BCUT2D eigenvalue weighted by Gasteiger charge is 2.13. The van der Waals surface area contributed by atoms with Gasteiger partial charge in [-0.2, -0.15) is 0 Å². The molecule has 1 N–H and O–H groups in total. The maximum Gasteiger partial charge on any atom is 0.211 e. The smallest absolute Gasteiger partial charge is 0.211 e. The molecule has 0 saturated carbocycles. The number of methoxy groups -OCH3 is 1. The van der Waals surface area contributed by atoms with Gasteiger partial charge in [0.25, 0.3) is 0 Å². The number of halogens is 1. The second kappa shape index (κ2) is 8.44. The van der Waals surface area contributed by atoms with Crippen molar-refractivity contribution in [2.45, 2.75) is 31.5 Å². The zero-order valence-corrected chi connectivity index (χ0v) is 12.6. The molecule has 0 heterocycles. The second-order valence-corrected chi connectivity index (χ2v) is 7.46. The van der Waals surface area contributed by atoms with Crippen molar-refractivity contribution in [1.82, 2.24) is 4.72 Å². The van der Waals surface area contributed by atoms with Crippen LogP contribution >= 0.6 is 15.9 Å². The molecule has 0 bridgehead atoms. The van der Waals surface area contributed by atoms with Crippen LogP contribution < -0.4 is 4.72 Å². The van der Waals surface area contributed by atoms with Crippen LogP contribution in [0.4, 0.5) is 0 Å². The molecule has 1 atom stereocenters. The Balaban J connectivity index is 3.81. The van der Waals surface area contributed by atoms with Gasteiger partial charge in [0, 0.05) is 25.1 Å². The van der Waals surface area contributed by atoms with Crippen molar-refractivity contribution in [3.8, 4) is 0 Å². The molecule has 0 fully saturated rings. The van der Waals surface area contributed by atoms with Gasteiger partial charge in [0.15, 0.2) is 0 Å². The maximum atomic E-state index is 11.5. The van der Waals surface area contributed by atoms with Crippen molar-refractivity contribution in [2.75, 3.05) is 26.0 Å². The van der Waals surface area contributed by atoms with Crippen LogP contribution in [0.5, 0.6) is 0 Å². The molecule has 1 unspecified atom stereocenters. The van der Waals surface area contributed by atoms with Crippen LogP contribution in [0.3, 0.4) is 0 Å². The summed E-state index contributed by atoms with van der Waals surface area (Å²) in [5, 5.41) is 0. The van der Waals surface area contributed by atoms with Crippen molar-refractivity contribution in [2.24, 2.45) is 5.92 Å². The summed E-state index contributed by atoms with van der Waals surface area (Å²) >= 11 is 3.46. The van der Waals surface area contributed by atoms with Gasteiger partial charge in [-0.25, -0.2) is 13.1 Å². The van der Waals surface area contributed by atoms with Gasteiger partial charge >= 0.3 is 0 Å². The lowest BCUT2D eigenvalue weighted by Crippen LogP contribution is -2.32. The monoisotopic (exact) mass is 315 g/mol. The van der Waals surface area contributed by atoms with Crippen LogP contribution in [0, 0.1) is 5.92 Å². The predicted octanol–water partition coefficient (Wildman–Crippen LogP) is 1.75. The van der Waals surface area contributed by atoms with Crippen molar-refractivity contribution < 1.29 is 13.2 Å². The zero-order chi connectivity index (χ0) is 12.6. The third-order valence-electron chi connectivity index (χ3n) is 2.01. The molecule has 0 radical (unpaired) electrons. The number of ether oxygens (including phenoxy) is 1. The first-order valence-electron chi connectivity index (χ1n) is 5.47. The van der Waals surface area contributed by atoms with E-state index in [4.69, 9.17) is 4.74 Å². The highest BCUT2D eigenvalue weighted by molar-refractivity contribution is 9.09. The number of hydrogen-bond acceptors (Lipinski definition) is 3. The standard InChI is InChI=1S/C10H22BrNO3S/c1-9(2)7-10(11)8-12-16(13,14)6-4-5-15-3/h9-10,12H,4-8H2,1-3H3. The molecule has 0 aliphatic rings. The highest BCUT2D eigenvalue weighted by Crippen LogP contribution is 2.11. The average Bonchev–Trinajstić information content (AvgIpc) is 2.14. The van der Waals surface area contributed by atoms with E-state index in [0.717, 1.165) is 6.42 Å². The second-order valence-electron chi connectivity index (χ2n) is 4.24. The van der Waals surface area contributed by atoms with E-state index in [1.54, 1.807) is 7.11 Å². The van der Waals surface area contributed by atoms with E-state index in [1.165, 1.54) is 0 Å². The van der Waals surface area contributed by atoms with Crippen molar-refractivity contribution in [3.05, 3.63) is 0 Å². The summed E-state index contributed by atoms with van der Waals surface area (Å²) in [7, 11) is -1.58. The van der Waals surface area contributed by atoms with E-state index >= 15 is 0 Å². The van der Waals surface area contributed by atoms with Gasteiger partial charge in [-0.05, 0) is 18.8 Å². The van der Waals surface area contributed by atoms with Crippen LogP contribution in [0.15, 0.2) is 0 Å². The first-order valence-corrected chi connectivity index (χ1v) is 8.04. The van der Waals surface area contributed by atoms with Gasteiger partial charge in [-0.3, -0.25) is 0 Å². The molecule has 4 nitrogen and oxygen atoms in total. The molecule has 0 aliphatic carbocycles. The van der Waals surface area contributed by atoms with Crippen LogP contribution in [-0.2, 0) is 14.8 Å². The van der Waals surface area contributed by atoms with Gasteiger partial charge in [0.1, 0.15) is 0 Å². The molecule has 0 aromatic carbocycles. The maximum absolute atomic E-state index is 11.5. The lowest BCUT2D eigenvalue weighted by atomic mass is 10.1. The largest absolute Gasteiger partial charge is 0.385 e. The van der Waals surface area contributed by atoms with E-state index in [0.29, 0.717) is 25.5 Å². The van der Waals surface area contributed by atoms with E-state index in [1.807, 2.05) is 0 Å². The minimum absolute atomic E-state index is 0.127. The Hall–Kier alpha value is 0.350. The van der Waals surface area contributed by atoms with Crippen molar-refractivity contribution in [1.29, 1.82) is 0 Å². The molecule has 0 spiro atoms. The van der Waals surface area contributed by atoms with Crippen LogP contribution in [-0.4, -0.2) is 39.3 Å². The van der Waals surface area contributed by atoms with E-state index in [9.17, 15) is 8.42 Å². The lowest BCUT2D eigenvalue weighted by Gasteiger charge is -2.13. The van der Waals surface area contributed by atoms with Crippen molar-refractivity contribution in [3.63, 3.8) is 0 Å². The SMILES string of the molecule is COCCCS(=O)(=O)NCC(Br)CC(C)C. The quantitative estimate of drug-likeness (QED) is 0.521. The number of rotatable bonds is 9. The van der Waals surface area contributed by atoms with Gasteiger partial charge in [0.2, 0.25) is 10.0 Å². The number of sulfonamides is 1. The topological polar surface area (TPSA) is 55.4 Å². The third kappa shape index (κ3) is 9.57. The van der Waals surface area contributed by atoms with Crippen molar-refractivity contribution >= 4 is 26.0 Å². The number of nitrogens with one attached hydrogen (secondary N) is 1. The molecule has 0 aromatic rings. The third-order valence-corrected chi connectivity index (χ3v) is 4.14. The van der Waals surface area contributed by atoms with Gasteiger partial charge < -0.3 is 4.74 Å². The Morgan fingerprint density at radius 2 is 2.00 bits per heavy atom. The fourth-order valence-electron chi connectivity index (χ4n) is 1.28. The normalized spacial score (nSPS) is 14.3. The summed E-state index contributed by atoms with van der Waals surface area (Å²) in [6, 6.07) is 0. The molecule has 0 aromatic heterocycles. The molecule has 0 aliphatic heterocycles. The average molecular weight is 316 g/mol. The van der Waals surface area contributed by atoms with Gasteiger partial charge in [-0.1, -0.05) is 29.8 Å². The first kappa shape index (κ1) is 16.4. The first-order chi connectivity index (χ1) is 7.37. The Morgan fingerprint density at radius 3 is 2.50 bits per heavy atom. The fourth-order valence-corrected chi connectivity index (χ4v) is 3.50. The fraction of sp³-hybridized carbons (Fsp3) is 1.00. The number of hydrogen-bond donors (Lipinski definition) is 1. The zero-order valence-electron chi connectivity index (χ0n) is 10.2. The predicted molar refractivity (Wildman–Crippen MR) is 70.5 cm³/mol. The van der Waals surface area contributed by atoms with E-state index < -0.39 is 10.0 Å². The molecule has 0 amide bonds. The molecular formula is C10H22BrNO3S. The Morgan fingerprint density at radius 1 is 1.38 bits per heavy atom. The summed E-state index contributed by atoms with van der Waals surface area (Å²) in [6.07, 6.45) is 1.49. The summed E-state index contributed by atoms with van der Waals surface area (Å²) < 4.78 is 30.4. The highest BCUT2D eigenvalue weighted by atomic mass is 79.9. The van der Waals surface area contributed by atoms with Crippen LogP contribution in [0.2, 0.25) is 0 Å². The Kier molecular flexibility index (Phi) is 8.63.